The molecule has 0 saturated carbocycles. The first-order chi connectivity index (χ1) is 9.28. The molecule has 0 aliphatic heterocycles. The van der Waals surface area contributed by atoms with E-state index in [0.29, 0.717) is 6.61 Å². The highest BCUT2D eigenvalue weighted by molar-refractivity contribution is 5.58. The smallest absolute Gasteiger partial charge is 0.136 e. The maximum Gasteiger partial charge on any atom is 0.136 e. The van der Waals surface area contributed by atoms with Gasteiger partial charge in [-0.25, -0.2) is 9.97 Å². The summed E-state index contributed by atoms with van der Waals surface area (Å²) in [5.74, 6) is 2.29. The Morgan fingerprint density at radius 1 is 1.11 bits per heavy atom. The van der Waals surface area contributed by atoms with Crippen molar-refractivity contribution in [3.63, 3.8) is 0 Å². The van der Waals surface area contributed by atoms with Crippen LogP contribution in [0.15, 0.2) is 36.4 Å². The average molecular weight is 258 g/mol. The molecule has 0 unspecified atom stereocenters. The Balaban J connectivity index is 2.08. The Hall–Kier alpha value is -2.14. The normalized spacial score (nSPS) is 10.2. The second-order valence-corrected chi connectivity index (χ2v) is 4.10. The van der Waals surface area contributed by atoms with Gasteiger partial charge in [0.1, 0.15) is 17.5 Å². The van der Waals surface area contributed by atoms with Gasteiger partial charge in [0.15, 0.2) is 0 Å². The lowest BCUT2D eigenvalue weighted by atomic mass is 10.3. The molecule has 0 spiro atoms. The summed E-state index contributed by atoms with van der Waals surface area (Å²) in [6.45, 7) is 3.24. The molecular formula is C14H18N4O. The number of rotatable bonds is 6. The molecular weight excluding hydrogens is 240 g/mol. The first-order valence-corrected chi connectivity index (χ1v) is 6.18. The number of aromatic nitrogens is 2. The number of anilines is 3. The minimum atomic E-state index is 0.643. The largest absolute Gasteiger partial charge is 0.383 e. The van der Waals surface area contributed by atoms with Gasteiger partial charge in [-0.15, -0.1) is 0 Å². The van der Waals surface area contributed by atoms with Crippen LogP contribution in [-0.2, 0) is 4.74 Å². The highest BCUT2D eigenvalue weighted by atomic mass is 16.5. The van der Waals surface area contributed by atoms with Crippen LogP contribution in [0.25, 0.3) is 0 Å². The molecule has 2 N–H and O–H groups in total. The number of hydrogen-bond acceptors (Lipinski definition) is 5. The van der Waals surface area contributed by atoms with Crippen LogP contribution in [0.4, 0.5) is 17.3 Å². The summed E-state index contributed by atoms with van der Waals surface area (Å²) in [5.41, 5.74) is 1.00. The number of para-hydroxylation sites is 1. The Morgan fingerprint density at radius 3 is 2.58 bits per heavy atom. The summed E-state index contributed by atoms with van der Waals surface area (Å²) in [6.07, 6.45) is 0. The van der Waals surface area contributed by atoms with E-state index in [4.69, 9.17) is 4.74 Å². The zero-order valence-electron chi connectivity index (χ0n) is 11.2. The summed E-state index contributed by atoms with van der Waals surface area (Å²) in [6, 6.07) is 11.8. The highest BCUT2D eigenvalue weighted by Crippen LogP contribution is 2.16. The third kappa shape index (κ3) is 4.22. The number of ether oxygens (including phenoxy) is 1. The number of benzene rings is 1. The first-order valence-electron chi connectivity index (χ1n) is 6.18. The summed E-state index contributed by atoms with van der Waals surface area (Å²) in [7, 11) is 1.68. The van der Waals surface area contributed by atoms with E-state index >= 15 is 0 Å². The number of methoxy groups -OCH3 is 1. The van der Waals surface area contributed by atoms with Crippen molar-refractivity contribution >= 4 is 17.3 Å². The van der Waals surface area contributed by atoms with Gasteiger partial charge in [-0.05, 0) is 19.1 Å². The Labute approximate surface area is 113 Å². The minimum Gasteiger partial charge on any atom is -0.383 e. The van der Waals surface area contributed by atoms with Crippen LogP contribution in [0.3, 0.4) is 0 Å². The molecule has 0 aliphatic rings. The molecule has 2 rings (SSSR count). The van der Waals surface area contributed by atoms with Crippen LogP contribution >= 0.6 is 0 Å². The van der Waals surface area contributed by atoms with Gasteiger partial charge in [-0.1, -0.05) is 18.2 Å². The van der Waals surface area contributed by atoms with Gasteiger partial charge < -0.3 is 15.4 Å². The van der Waals surface area contributed by atoms with Crippen LogP contribution in [0.1, 0.15) is 5.82 Å². The second kappa shape index (κ2) is 6.70. The molecule has 100 valence electrons. The summed E-state index contributed by atoms with van der Waals surface area (Å²) >= 11 is 0. The van der Waals surface area contributed by atoms with E-state index < -0.39 is 0 Å². The number of nitrogens with zero attached hydrogens (tertiary/aromatic N) is 2. The second-order valence-electron chi connectivity index (χ2n) is 4.10. The molecule has 0 atom stereocenters. The molecule has 1 aromatic carbocycles. The van der Waals surface area contributed by atoms with Crippen molar-refractivity contribution < 1.29 is 4.74 Å². The SMILES string of the molecule is COCCNc1cc(Nc2ccccc2)nc(C)n1. The van der Waals surface area contributed by atoms with E-state index in [1.54, 1.807) is 7.11 Å². The van der Waals surface area contributed by atoms with Crippen LogP contribution < -0.4 is 10.6 Å². The number of nitrogens with one attached hydrogen (secondary N) is 2. The number of hydrogen-bond donors (Lipinski definition) is 2. The lowest BCUT2D eigenvalue weighted by molar-refractivity contribution is 0.210. The van der Waals surface area contributed by atoms with E-state index in [1.165, 1.54) is 0 Å². The lowest BCUT2D eigenvalue weighted by Gasteiger charge is -2.09. The molecule has 5 nitrogen and oxygen atoms in total. The van der Waals surface area contributed by atoms with Gasteiger partial charge in [0.2, 0.25) is 0 Å². The van der Waals surface area contributed by atoms with E-state index in [0.717, 1.165) is 29.7 Å². The molecule has 1 heterocycles. The van der Waals surface area contributed by atoms with Crippen LogP contribution in [0, 0.1) is 6.92 Å². The molecule has 19 heavy (non-hydrogen) atoms. The van der Waals surface area contributed by atoms with E-state index in [-0.39, 0.29) is 0 Å². The summed E-state index contributed by atoms with van der Waals surface area (Å²) in [4.78, 5) is 8.69. The Kier molecular flexibility index (Phi) is 4.69. The molecule has 5 heteroatoms. The highest BCUT2D eigenvalue weighted by Gasteiger charge is 2.02. The standard InChI is InChI=1S/C14H18N4O/c1-11-16-13(15-8-9-19-2)10-14(17-11)18-12-6-4-3-5-7-12/h3-7,10H,8-9H2,1-2H3,(H2,15,16,17,18). The quantitative estimate of drug-likeness (QED) is 0.780. The minimum absolute atomic E-state index is 0.643. The molecule has 0 saturated heterocycles. The van der Waals surface area contributed by atoms with Crippen molar-refractivity contribution in [3.05, 3.63) is 42.2 Å². The fourth-order valence-electron chi connectivity index (χ4n) is 1.67. The zero-order valence-corrected chi connectivity index (χ0v) is 11.2. The van der Waals surface area contributed by atoms with E-state index in [9.17, 15) is 0 Å². The van der Waals surface area contributed by atoms with Gasteiger partial charge in [-0.2, -0.15) is 0 Å². The fraction of sp³-hybridized carbons (Fsp3) is 0.286. The third-order valence-electron chi connectivity index (χ3n) is 2.50. The van der Waals surface area contributed by atoms with E-state index in [1.807, 2.05) is 43.3 Å². The first kappa shape index (κ1) is 13.3. The van der Waals surface area contributed by atoms with Crippen molar-refractivity contribution in [3.8, 4) is 0 Å². The van der Waals surface area contributed by atoms with Gasteiger partial charge in [0.05, 0.1) is 6.61 Å². The monoisotopic (exact) mass is 258 g/mol. The van der Waals surface area contributed by atoms with Crippen LogP contribution in [0.2, 0.25) is 0 Å². The average Bonchev–Trinajstić information content (AvgIpc) is 2.39. The maximum absolute atomic E-state index is 5.00. The fourth-order valence-corrected chi connectivity index (χ4v) is 1.67. The van der Waals surface area contributed by atoms with Crippen molar-refractivity contribution in [1.29, 1.82) is 0 Å². The van der Waals surface area contributed by atoms with Gasteiger partial charge in [0, 0.05) is 25.4 Å². The predicted octanol–water partition coefficient (Wildman–Crippen LogP) is 2.59. The van der Waals surface area contributed by atoms with Crippen LogP contribution in [-0.4, -0.2) is 30.2 Å². The number of aryl methyl sites for hydroxylation is 1. The van der Waals surface area contributed by atoms with Crippen LogP contribution in [0.5, 0.6) is 0 Å². The van der Waals surface area contributed by atoms with Crippen molar-refractivity contribution in [2.75, 3.05) is 30.9 Å². The lowest BCUT2D eigenvalue weighted by Crippen LogP contribution is -2.10. The summed E-state index contributed by atoms with van der Waals surface area (Å²) < 4.78 is 5.00. The maximum atomic E-state index is 5.00. The Morgan fingerprint density at radius 2 is 1.84 bits per heavy atom. The molecule has 0 aliphatic carbocycles. The van der Waals surface area contributed by atoms with Gasteiger partial charge in [0.25, 0.3) is 0 Å². The molecule has 2 aromatic rings. The predicted molar refractivity (Wildman–Crippen MR) is 76.9 cm³/mol. The van der Waals surface area contributed by atoms with Crippen molar-refractivity contribution in [1.82, 2.24) is 9.97 Å². The van der Waals surface area contributed by atoms with Crippen molar-refractivity contribution in [2.24, 2.45) is 0 Å². The molecule has 0 amide bonds. The molecule has 0 bridgehead atoms. The summed E-state index contributed by atoms with van der Waals surface area (Å²) in [5, 5.41) is 6.45. The molecule has 1 aromatic heterocycles. The van der Waals surface area contributed by atoms with Gasteiger partial charge >= 0.3 is 0 Å². The topological polar surface area (TPSA) is 59.1 Å². The third-order valence-corrected chi connectivity index (χ3v) is 2.50. The van der Waals surface area contributed by atoms with Crippen molar-refractivity contribution in [2.45, 2.75) is 6.92 Å². The van der Waals surface area contributed by atoms with E-state index in [2.05, 4.69) is 20.6 Å². The van der Waals surface area contributed by atoms with Gasteiger partial charge in [-0.3, -0.25) is 0 Å². The Bertz CT molecular complexity index is 516. The molecule has 0 radical (unpaired) electrons. The molecule has 0 fully saturated rings. The zero-order chi connectivity index (χ0) is 13.5.